The lowest BCUT2D eigenvalue weighted by atomic mass is 9.69. The predicted molar refractivity (Wildman–Crippen MR) is 104 cm³/mol. The van der Waals surface area contributed by atoms with Crippen LogP contribution in [0.2, 0.25) is 0 Å². The maximum atomic E-state index is 13.1. The minimum Gasteiger partial charge on any atom is -0.462 e. The van der Waals surface area contributed by atoms with Gasteiger partial charge in [-0.05, 0) is 37.3 Å². The smallest absolute Gasteiger partial charge is 0.336 e. The second-order valence-corrected chi connectivity index (χ2v) is 8.17. The van der Waals surface area contributed by atoms with E-state index in [1.165, 1.54) is 0 Å². The molecule has 2 heterocycles. The first-order valence-electron chi connectivity index (χ1n) is 9.66. The fourth-order valence-electron chi connectivity index (χ4n) is 3.94. The Labute approximate surface area is 160 Å². The summed E-state index contributed by atoms with van der Waals surface area (Å²) in [5, 5.41) is 3.34. The molecule has 2 aliphatic rings. The highest BCUT2D eigenvalue weighted by Crippen LogP contribution is 2.46. The molecule has 3 rings (SSSR count). The van der Waals surface area contributed by atoms with E-state index in [9.17, 15) is 9.59 Å². The summed E-state index contributed by atoms with van der Waals surface area (Å²) in [7, 11) is 0. The van der Waals surface area contributed by atoms with Crippen LogP contribution >= 0.6 is 0 Å². The highest BCUT2D eigenvalue weighted by atomic mass is 16.5. The zero-order valence-electron chi connectivity index (χ0n) is 16.6. The van der Waals surface area contributed by atoms with Crippen molar-refractivity contribution in [2.24, 2.45) is 5.41 Å². The maximum Gasteiger partial charge on any atom is 0.336 e. The molecule has 1 atom stereocenters. The first-order chi connectivity index (χ1) is 12.8. The quantitative estimate of drug-likeness (QED) is 0.628. The van der Waals surface area contributed by atoms with Gasteiger partial charge in [0.05, 0.1) is 23.8 Å². The van der Waals surface area contributed by atoms with Crippen LogP contribution in [-0.4, -0.2) is 23.3 Å². The molecule has 144 valence electrons. The van der Waals surface area contributed by atoms with Gasteiger partial charge in [-0.3, -0.25) is 9.78 Å². The number of hydrogen-bond donors (Lipinski definition) is 1. The van der Waals surface area contributed by atoms with Crippen LogP contribution in [0.15, 0.2) is 46.9 Å². The summed E-state index contributed by atoms with van der Waals surface area (Å²) >= 11 is 0. The van der Waals surface area contributed by atoms with Crippen LogP contribution in [0, 0.1) is 5.41 Å². The van der Waals surface area contributed by atoms with Crippen molar-refractivity contribution >= 4 is 11.8 Å². The molecular weight excluding hydrogens is 340 g/mol. The van der Waals surface area contributed by atoms with Crippen molar-refractivity contribution in [3.63, 3.8) is 0 Å². The normalized spacial score (nSPS) is 21.6. The van der Waals surface area contributed by atoms with Gasteiger partial charge >= 0.3 is 5.97 Å². The Morgan fingerprint density at radius 3 is 2.78 bits per heavy atom. The number of rotatable bonds is 5. The summed E-state index contributed by atoms with van der Waals surface area (Å²) in [4.78, 5) is 30.4. The Morgan fingerprint density at radius 1 is 1.33 bits per heavy atom. The topological polar surface area (TPSA) is 68.3 Å². The van der Waals surface area contributed by atoms with Crippen LogP contribution in [0.25, 0.3) is 0 Å². The average Bonchev–Trinajstić information content (AvgIpc) is 2.60. The molecule has 5 nitrogen and oxygen atoms in total. The number of ether oxygens (including phenoxy) is 1. The van der Waals surface area contributed by atoms with E-state index in [0.717, 1.165) is 30.7 Å². The van der Waals surface area contributed by atoms with E-state index in [2.05, 4.69) is 31.1 Å². The van der Waals surface area contributed by atoms with Crippen LogP contribution < -0.4 is 5.32 Å². The Bertz CT molecular complexity index is 806. The van der Waals surface area contributed by atoms with E-state index in [1.807, 2.05) is 25.1 Å². The zero-order valence-corrected chi connectivity index (χ0v) is 16.6. The number of hydrogen-bond acceptors (Lipinski definition) is 5. The number of nitrogens with zero attached hydrogens (tertiary/aromatic N) is 1. The van der Waals surface area contributed by atoms with E-state index in [-0.39, 0.29) is 17.2 Å². The van der Waals surface area contributed by atoms with Gasteiger partial charge in [0.1, 0.15) is 0 Å². The Morgan fingerprint density at radius 2 is 2.11 bits per heavy atom. The van der Waals surface area contributed by atoms with Gasteiger partial charge in [-0.15, -0.1) is 0 Å². The number of unbranched alkanes of at least 4 members (excludes halogenated alkanes) is 1. The molecule has 0 bridgehead atoms. The number of esters is 1. The van der Waals surface area contributed by atoms with Gasteiger partial charge in [-0.1, -0.05) is 33.3 Å². The van der Waals surface area contributed by atoms with Crippen LogP contribution in [0.4, 0.5) is 0 Å². The molecule has 1 N–H and O–H groups in total. The Balaban J connectivity index is 2.06. The summed E-state index contributed by atoms with van der Waals surface area (Å²) in [6, 6.07) is 5.60. The average molecular weight is 368 g/mol. The standard InChI is InChI=1S/C22H28N2O3/c1-5-6-11-27-21(26)18-14(2)24-16-12-22(3,4)13-17(25)19(16)20(18)15-9-7-8-10-23-15/h7-10,20,24H,5-6,11-13H2,1-4H3. The van der Waals surface area contributed by atoms with Gasteiger partial charge in [-0.2, -0.15) is 0 Å². The molecule has 0 fully saturated rings. The summed E-state index contributed by atoms with van der Waals surface area (Å²) in [6.07, 6.45) is 4.71. The molecular formula is C22H28N2O3. The number of carbonyl (C=O) groups excluding carboxylic acids is 2. The Kier molecular flexibility index (Phi) is 5.49. The number of aromatic nitrogens is 1. The van der Waals surface area contributed by atoms with Gasteiger partial charge in [0.15, 0.2) is 5.78 Å². The molecule has 1 aliphatic carbocycles. The van der Waals surface area contributed by atoms with Crippen molar-refractivity contribution in [3.8, 4) is 0 Å². The molecule has 27 heavy (non-hydrogen) atoms. The van der Waals surface area contributed by atoms with Gasteiger partial charge in [0.2, 0.25) is 0 Å². The second kappa shape index (κ2) is 7.67. The van der Waals surface area contributed by atoms with Gasteiger partial charge in [0.25, 0.3) is 0 Å². The number of Topliss-reactive ketones (excluding diaryl/α,β-unsaturated/α-hetero) is 1. The molecule has 0 radical (unpaired) electrons. The molecule has 5 heteroatoms. The second-order valence-electron chi connectivity index (χ2n) is 8.17. The number of nitrogens with one attached hydrogen (secondary N) is 1. The van der Waals surface area contributed by atoms with Gasteiger partial charge < -0.3 is 10.1 Å². The minimum atomic E-state index is -0.472. The van der Waals surface area contributed by atoms with Gasteiger partial charge in [-0.25, -0.2) is 4.79 Å². The van der Waals surface area contributed by atoms with Crippen molar-refractivity contribution in [1.29, 1.82) is 0 Å². The number of carbonyl (C=O) groups is 2. The molecule has 1 aromatic heterocycles. The maximum absolute atomic E-state index is 13.1. The predicted octanol–water partition coefficient (Wildman–Crippen LogP) is 4.03. The lowest BCUT2D eigenvalue weighted by Crippen LogP contribution is -2.39. The first-order valence-corrected chi connectivity index (χ1v) is 9.66. The third-order valence-corrected chi connectivity index (χ3v) is 5.17. The summed E-state index contributed by atoms with van der Waals surface area (Å²) < 4.78 is 5.50. The number of allylic oxidation sites excluding steroid dienone is 3. The van der Waals surface area contributed by atoms with Crippen molar-refractivity contribution in [2.75, 3.05) is 6.61 Å². The SMILES string of the molecule is CCCCOC(=O)C1=C(C)NC2=C(C(=O)CC(C)(C)C2)C1c1ccccn1. The fourth-order valence-corrected chi connectivity index (χ4v) is 3.94. The third kappa shape index (κ3) is 3.97. The minimum absolute atomic E-state index is 0.0794. The fraction of sp³-hybridized carbons (Fsp3) is 0.500. The summed E-state index contributed by atoms with van der Waals surface area (Å²) in [5.41, 5.74) is 3.43. The van der Waals surface area contributed by atoms with E-state index in [0.29, 0.717) is 29.9 Å². The van der Waals surface area contributed by atoms with Crippen LogP contribution in [-0.2, 0) is 14.3 Å². The van der Waals surface area contributed by atoms with Crippen molar-refractivity contribution in [3.05, 3.63) is 52.6 Å². The van der Waals surface area contributed by atoms with Crippen molar-refractivity contribution in [1.82, 2.24) is 10.3 Å². The highest BCUT2D eigenvalue weighted by molar-refractivity contribution is 6.04. The number of dihydropyridines is 1. The van der Waals surface area contributed by atoms with Crippen LogP contribution in [0.3, 0.4) is 0 Å². The lowest BCUT2D eigenvalue weighted by molar-refractivity contribution is -0.139. The Hall–Kier alpha value is -2.43. The molecule has 1 unspecified atom stereocenters. The monoisotopic (exact) mass is 368 g/mol. The highest BCUT2D eigenvalue weighted by Gasteiger charge is 2.43. The van der Waals surface area contributed by atoms with Crippen LogP contribution in [0.5, 0.6) is 0 Å². The summed E-state index contributed by atoms with van der Waals surface area (Å²) in [5.74, 6) is -0.760. The number of pyridine rings is 1. The first kappa shape index (κ1) is 19.3. The largest absolute Gasteiger partial charge is 0.462 e. The van der Waals surface area contributed by atoms with Crippen molar-refractivity contribution < 1.29 is 14.3 Å². The third-order valence-electron chi connectivity index (χ3n) is 5.17. The van der Waals surface area contributed by atoms with Crippen LogP contribution in [0.1, 0.15) is 65.0 Å². The molecule has 1 aromatic rings. The summed E-state index contributed by atoms with van der Waals surface area (Å²) in [6.45, 7) is 8.51. The number of ketones is 1. The van der Waals surface area contributed by atoms with Crippen molar-refractivity contribution in [2.45, 2.75) is 59.3 Å². The van der Waals surface area contributed by atoms with E-state index in [4.69, 9.17) is 4.74 Å². The van der Waals surface area contributed by atoms with Gasteiger partial charge in [0, 0.05) is 29.6 Å². The lowest BCUT2D eigenvalue weighted by Gasteiger charge is -2.39. The van der Waals surface area contributed by atoms with E-state index < -0.39 is 5.92 Å². The molecule has 0 amide bonds. The molecule has 1 aliphatic heterocycles. The van der Waals surface area contributed by atoms with E-state index >= 15 is 0 Å². The molecule has 0 saturated carbocycles. The zero-order chi connectivity index (χ0) is 19.6. The molecule has 0 saturated heterocycles. The molecule has 0 spiro atoms. The van der Waals surface area contributed by atoms with E-state index in [1.54, 1.807) is 6.20 Å². The molecule has 0 aromatic carbocycles.